The Labute approximate surface area is 127 Å². The number of hydrogen-bond acceptors (Lipinski definition) is 4. The van der Waals surface area contributed by atoms with Crippen molar-refractivity contribution in [3.05, 3.63) is 46.2 Å². The number of pyridine rings is 1. The Hall–Kier alpha value is -2.76. The third-order valence-corrected chi connectivity index (χ3v) is 3.37. The van der Waals surface area contributed by atoms with Gasteiger partial charge in [-0.25, -0.2) is 0 Å². The monoisotopic (exact) mass is 302 g/mol. The van der Waals surface area contributed by atoms with Crippen molar-refractivity contribution in [3.8, 4) is 22.8 Å². The van der Waals surface area contributed by atoms with E-state index in [9.17, 15) is 14.7 Å². The van der Waals surface area contributed by atoms with Crippen LogP contribution in [0.4, 0.5) is 0 Å². The van der Waals surface area contributed by atoms with Gasteiger partial charge in [0, 0.05) is 18.2 Å². The van der Waals surface area contributed by atoms with E-state index in [1.165, 1.54) is 6.07 Å². The molecule has 2 rings (SSSR count). The van der Waals surface area contributed by atoms with Crippen molar-refractivity contribution < 1.29 is 14.6 Å². The van der Waals surface area contributed by atoms with E-state index >= 15 is 0 Å². The molecule has 3 N–H and O–H groups in total. The van der Waals surface area contributed by atoms with Crippen molar-refractivity contribution in [2.75, 3.05) is 7.11 Å². The van der Waals surface area contributed by atoms with E-state index in [1.807, 2.05) is 6.92 Å². The molecule has 116 valence electrons. The van der Waals surface area contributed by atoms with Gasteiger partial charge in [0.2, 0.25) is 0 Å². The smallest absolute Gasteiger partial charge is 0.266 e. The van der Waals surface area contributed by atoms with Gasteiger partial charge < -0.3 is 15.6 Å². The molecule has 1 aromatic heterocycles. The molecule has 2 aromatic rings. The number of carbonyl (C=O) groups excluding carboxylic acids is 1. The molecule has 0 aliphatic carbocycles. The van der Waals surface area contributed by atoms with Crippen LogP contribution in [0.2, 0.25) is 0 Å². The van der Waals surface area contributed by atoms with Crippen LogP contribution in [0.5, 0.6) is 11.6 Å². The van der Waals surface area contributed by atoms with Crippen LogP contribution < -0.4 is 16.0 Å². The molecule has 0 radical (unpaired) electrons. The summed E-state index contributed by atoms with van der Waals surface area (Å²) in [5.74, 6) is -0.365. The second kappa shape index (κ2) is 6.34. The molecule has 0 fully saturated rings. The number of aromatic hydroxyl groups is 1. The average Bonchev–Trinajstić information content (AvgIpc) is 2.50. The number of methoxy groups -OCH3 is 1. The van der Waals surface area contributed by atoms with Gasteiger partial charge in [-0.2, -0.15) is 0 Å². The zero-order valence-electron chi connectivity index (χ0n) is 12.5. The highest BCUT2D eigenvalue weighted by Gasteiger charge is 2.19. The number of nitrogens with zero attached hydrogens (tertiary/aromatic N) is 1. The highest BCUT2D eigenvalue weighted by Crippen LogP contribution is 2.27. The quantitative estimate of drug-likeness (QED) is 0.879. The summed E-state index contributed by atoms with van der Waals surface area (Å²) in [7, 11) is 1.54. The van der Waals surface area contributed by atoms with Gasteiger partial charge in [-0.05, 0) is 24.1 Å². The van der Waals surface area contributed by atoms with Crippen molar-refractivity contribution in [1.29, 1.82) is 0 Å². The largest absolute Gasteiger partial charge is 0.497 e. The fourth-order valence-electron chi connectivity index (χ4n) is 2.31. The normalized spacial score (nSPS) is 10.5. The van der Waals surface area contributed by atoms with Gasteiger partial charge in [0.05, 0.1) is 7.11 Å². The number of benzene rings is 1. The SMILES string of the molecule is CCCn1c(O)cc(-c2ccc(OC)cc2)c(C(N)=O)c1=O. The summed E-state index contributed by atoms with van der Waals surface area (Å²) in [6, 6.07) is 8.19. The predicted octanol–water partition coefficient (Wildman–Crippen LogP) is 1.74. The number of nitrogens with two attached hydrogens (primary N) is 1. The number of ether oxygens (including phenoxy) is 1. The molecule has 0 aliphatic rings. The van der Waals surface area contributed by atoms with E-state index in [1.54, 1.807) is 31.4 Å². The minimum absolute atomic E-state index is 0.128. The first kappa shape index (κ1) is 15.6. The van der Waals surface area contributed by atoms with Crippen molar-refractivity contribution in [1.82, 2.24) is 4.57 Å². The maximum absolute atomic E-state index is 12.4. The first-order chi connectivity index (χ1) is 10.5. The van der Waals surface area contributed by atoms with Gasteiger partial charge in [0.1, 0.15) is 11.3 Å². The molecule has 0 aliphatic heterocycles. The molecule has 1 heterocycles. The van der Waals surface area contributed by atoms with Gasteiger partial charge in [0.15, 0.2) is 5.88 Å². The summed E-state index contributed by atoms with van der Waals surface area (Å²) in [4.78, 5) is 24.1. The molecule has 1 aromatic carbocycles. The molecule has 0 saturated carbocycles. The van der Waals surface area contributed by atoms with Crippen molar-refractivity contribution in [2.24, 2.45) is 5.73 Å². The Balaban J connectivity index is 2.69. The molecule has 22 heavy (non-hydrogen) atoms. The Morgan fingerprint density at radius 2 is 1.95 bits per heavy atom. The maximum atomic E-state index is 12.4. The lowest BCUT2D eigenvalue weighted by Crippen LogP contribution is -2.30. The first-order valence-corrected chi connectivity index (χ1v) is 6.90. The second-order valence-corrected chi connectivity index (χ2v) is 4.84. The molecule has 6 nitrogen and oxygen atoms in total. The first-order valence-electron chi connectivity index (χ1n) is 6.90. The maximum Gasteiger partial charge on any atom is 0.266 e. The third-order valence-electron chi connectivity index (χ3n) is 3.37. The summed E-state index contributed by atoms with van der Waals surface area (Å²) in [6.07, 6.45) is 0.646. The molecule has 1 amide bonds. The van der Waals surface area contributed by atoms with Crippen LogP contribution in [-0.4, -0.2) is 22.7 Å². The van der Waals surface area contributed by atoms with Gasteiger partial charge in [-0.1, -0.05) is 19.1 Å². The van der Waals surface area contributed by atoms with Gasteiger partial charge in [0.25, 0.3) is 11.5 Å². The number of hydrogen-bond donors (Lipinski definition) is 2. The van der Waals surface area contributed by atoms with Crippen molar-refractivity contribution in [2.45, 2.75) is 19.9 Å². The van der Waals surface area contributed by atoms with Crippen LogP contribution in [0.15, 0.2) is 35.1 Å². The lowest BCUT2D eigenvalue weighted by Gasteiger charge is -2.13. The average molecular weight is 302 g/mol. The zero-order valence-corrected chi connectivity index (χ0v) is 12.5. The summed E-state index contributed by atoms with van der Waals surface area (Å²) < 4.78 is 6.22. The molecule has 0 saturated heterocycles. The highest BCUT2D eigenvalue weighted by atomic mass is 16.5. The number of carbonyl (C=O) groups is 1. The number of amides is 1. The molecule has 0 spiro atoms. The van der Waals surface area contributed by atoms with Gasteiger partial charge in [-0.3, -0.25) is 14.2 Å². The van der Waals surface area contributed by atoms with Crippen LogP contribution in [0.1, 0.15) is 23.7 Å². The van der Waals surface area contributed by atoms with Crippen LogP contribution >= 0.6 is 0 Å². The van der Waals surface area contributed by atoms with Crippen LogP contribution in [0, 0.1) is 0 Å². The van der Waals surface area contributed by atoms with E-state index < -0.39 is 11.5 Å². The lowest BCUT2D eigenvalue weighted by atomic mass is 10.0. The predicted molar refractivity (Wildman–Crippen MR) is 83.2 cm³/mol. The summed E-state index contributed by atoms with van der Waals surface area (Å²) in [5, 5.41) is 10.1. The zero-order chi connectivity index (χ0) is 16.3. The van der Waals surface area contributed by atoms with Gasteiger partial charge in [-0.15, -0.1) is 0 Å². The molecule has 0 bridgehead atoms. The van der Waals surface area contributed by atoms with E-state index in [0.717, 1.165) is 4.57 Å². The summed E-state index contributed by atoms with van der Waals surface area (Å²) >= 11 is 0. The fourth-order valence-corrected chi connectivity index (χ4v) is 2.31. The number of aromatic nitrogens is 1. The fraction of sp³-hybridized carbons (Fsp3) is 0.250. The van der Waals surface area contributed by atoms with E-state index in [2.05, 4.69) is 0 Å². The van der Waals surface area contributed by atoms with Crippen molar-refractivity contribution >= 4 is 5.91 Å². The highest BCUT2D eigenvalue weighted by molar-refractivity contribution is 5.99. The number of rotatable bonds is 5. The topological polar surface area (TPSA) is 94.5 Å². The molecular weight excluding hydrogens is 284 g/mol. The van der Waals surface area contributed by atoms with E-state index in [0.29, 0.717) is 29.8 Å². The number of primary amides is 1. The lowest BCUT2D eigenvalue weighted by molar-refractivity contribution is 0.0999. The summed E-state index contributed by atoms with van der Waals surface area (Å²) in [5.41, 5.74) is 5.57. The van der Waals surface area contributed by atoms with Crippen LogP contribution in [0.3, 0.4) is 0 Å². The minimum atomic E-state index is -0.819. The van der Waals surface area contributed by atoms with Crippen LogP contribution in [-0.2, 0) is 6.54 Å². The Bertz CT molecular complexity index is 748. The van der Waals surface area contributed by atoms with Crippen LogP contribution in [0.25, 0.3) is 11.1 Å². The molecular formula is C16H18N2O4. The Morgan fingerprint density at radius 3 is 2.45 bits per heavy atom. The second-order valence-electron chi connectivity index (χ2n) is 4.84. The Morgan fingerprint density at radius 1 is 1.32 bits per heavy atom. The Kier molecular flexibility index (Phi) is 4.50. The van der Waals surface area contributed by atoms with E-state index in [4.69, 9.17) is 10.5 Å². The van der Waals surface area contributed by atoms with Gasteiger partial charge >= 0.3 is 0 Å². The van der Waals surface area contributed by atoms with Crippen molar-refractivity contribution in [3.63, 3.8) is 0 Å². The van der Waals surface area contributed by atoms with E-state index in [-0.39, 0.29) is 11.4 Å². The standard InChI is InChI=1S/C16H18N2O4/c1-3-8-18-13(19)9-12(14(15(17)20)16(18)21)10-4-6-11(22-2)7-5-10/h4-7,9,19H,3,8H2,1-2H3,(H2,17,20). The molecule has 0 atom stereocenters. The molecule has 0 unspecified atom stereocenters. The molecule has 6 heteroatoms. The summed E-state index contributed by atoms with van der Waals surface area (Å²) in [6.45, 7) is 2.18. The third kappa shape index (κ3) is 2.81. The minimum Gasteiger partial charge on any atom is -0.497 e.